The fourth-order valence-electron chi connectivity index (χ4n) is 2.17. The number of hydrogen-bond acceptors (Lipinski definition) is 2. The maximum atomic E-state index is 12.3. The van der Waals surface area contributed by atoms with Gasteiger partial charge in [0.25, 0.3) is 0 Å². The van der Waals surface area contributed by atoms with Gasteiger partial charge in [-0.05, 0) is 29.8 Å². The Hall–Kier alpha value is -2.53. The first-order valence-corrected chi connectivity index (χ1v) is 7.20. The lowest BCUT2D eigenvalue weighted by molar-refractivity contribution is 0.217. The maximum absolute atomic E-state index is 12.3. The van der Waals surface area contributed by atoms with Crippen LogP contribution in [-0.2, 0) is 6.54 Å². The molecular formula is C16H15ClN4O. The average molecular weight is 315 g/mol. The highest BCUT2D eigenvalue weighted by Crippen LogP contribution is 2.12. The van der Waals surface area contributed by atoms with E-state index in [0.29, 0.717) is 11.6 Å². The van der Waals surface area contributed by atoms with Crippen molar-refractivity contribution in [1.82, 2.24) is 14.6 Å². The molecule has 1 aromatic heterocycles. The molecule has 0 saturated heterocycles. The summed E-state index contributed by atoms with van der Waals surface area (Å²) in [5.41, 5.74) is 5.52. The summed E-state index contributed by atoms with van der Waals surface area (Å²) in [6, 6.07) is 14.8. The molecule has 0 unspecified atom stereocenters. The second kappa shape index (κ2) is 6.07. The molecule has 3 rings (SSSR count). The summed E-state index contributed by atoms with van der Waals surface area (Å²) >= 11 is 5.86. The van der Waals surface area contributed by atoms with Gasteiger partial charge in [0.05, 0.1) is 11.0 Å². The van der Waals surface area contributed by atoms with Crippen molar-refractivity contribution in [2.24, 2.45) is 0 Å². The third-order valence-electron chi connectivity index (χ3n) is 3.35. The van der Waals surface area contributed by atoms with Gasteiger partial charge in [0, 0.05) is 18.6 Å². The number of para-hydroxylation sites is 2. The number of rotatable bonds is 3. The van der Waals surface area contributed by atoms with Gasteiger partial charge in [-0.2, -0.15) is 0 Å². The van der Waals surface area contributed by atoms with Crippen molar-refractivity contribution >= 4 is 28.7 Å². The second-order valence-corrected chi connectivity index (χ2v) is 5.44. The van der Waals surface area contributed by atoms with Crippen molar-refractivity contribution in [3.05, 3.63) is 65.4 Å². The Balaban J connectivity index is 1.69. The molecule has 0 saturated carbocycles. The molecule has 0 aliphatic heterocycles. The number of carbonyl (C=O) groups is 1. The molecule has 0 atom stereocenters. The van der Waals surface area contributed by atoms with Gasteiger partial charge in [-0.1, -0.05) is 35.9 Å². The molecule has 112 valence electrons. The SMILES string of the molecule is CN(Cc1ccc(Cl)cc1)C(=O)Nn1cnc2ccccc21. The third kappa shape index (κ3) is 3.04. The lowest BCUT2D eigenvalue weighted by Crippen LogP contribution is -2.35. The molecule has 1 N–H and O–H groups in total. The van der Waals surface area contributed by atoms with Crippen molar-refractivity contribution in [3.8, 4) is 0 Å². The fraction of sp³-hybridized carbons (Fsp3) is 0.125. The van der Waals surface area contributed by atoms with E-state index >= 15 is 0 Å². The van der Waals surface area contributed by atoms with E-state index in [0.717, 1.165) is 16.6 Å². The Morgan fingerprint density at radius 1 is 1.23 bits per heavy atom. The van der Waals surface area contributed by atoms with Crippen LogP contribution in [0.5, 0.6) is 0 Å². The minimum Gasteiger partial charge on any atom is -0.322 e. The molecule has 0 fully saturated rings. The zero-order valence-electron chi connectivity index (χ0n) is 12.0. The quantitative estimate of drug-likeness (QED) is 0.804. The van der Waals surface area contributed by atoms with Crippen LogP contribution in [0, 0.1) is 0 Å². The number of halogens is 1. The van der Waals surface area contributed by atoms with Gasteiger partial charge in [0.15, 0.2) is 0 Å². The summed E-state index contributed by atoms with van der Waals surface area (Å²) < 4.78 is 1.62. The number of carbonyl (C=O) groups excluding carboxylic acids is 1. The van der Waals surface area contributed by atoms with Crippen LogP contribution in [0.4, 0.5) is 4.79 Å². The molecule has 3 aromatic rings. The molecular weight excluding hydrogens is 300 g/mol. The first kappa shape index (κ1) is 14.4. The average Bonchev–Trinajstić information content (AvgIpc) is 2.93. The highest BCUT2D eigenvalue weighted by atomic mass is 35.5. The predicted molar refractivity (Wildman–Crippen MR) is 87.4 cm³/mol. The van der Waals surface area contributed by atoms with Gasteiger partial charge in [-0.3, -0.25) is 0 Å². The number of amides is 2. The summed E-state index contributed by atoms with van der Waals surface area (Å²) in [5.74, 6) is 0. The van der Waals surface area contributed by atoms with E-state index in [1.54, 1.807) is 23.0 Å². The van der Waals surface area contributed by atoms with Gasteiger partial charge in [0.1, 0.15) is 6.33 Å². The normalized spacial score (nSPS) is 10.6. The molecule has 1 heterocycles. The number of urea groups is 1. The molecule has 0 radical (unpaired) electrons. The Morgan fingerprint density at radius 3 is 2.73 bits per heavy atom. The van der Waals surface area contributed by atoms with Crippen molar-refractivity contribution in [2.75, 3.05) is 12.5 Å². The number of hydrogen-bond donors (Lipinski definition) is 1. The van der Waals surface area contributed by atoms with E-state index in [2.05, 4.69) is 10.4 Å². The van der Waals surface area contributed by atoms with Gasteiger partial charge < -0.3 is 4.90 Å². The maximum Gasteiger partial charge on any atom is 0.336 e. The van der Waals surface area contributed by atoms with Crippen molar-refractivity contribution < 1.29 is 4.79 Å². The van der Waals surface area contributed by atoms with Crippen molar-refractivity contribution in [1.29, 1.82) is 0 Å². The lowest BCUT2D eigenvalue weighted by Gasteiger charge is -2.18. The minimum atomic E-state index is -0.210. The standard InChI is InChI=1S/C16H15ClN4O/c1-20(10-12-6-8-13(17)9-7-12)16(22)19-21-11-18-14-4-2-3-5-15(14)21/h2-9,11H,10H2,1H3,(H,19,22). The lowest BCUT2D eigenvalue weighted by atomic mass is 10.2. The molecule has 2 aromatic carbocycles. The summed E-state index contributed by atoms with van der Waals surface area (Å²) in [4.78, 5) is 18.1. The van der Waals surface area contributed by atoms with E-state index < -0.39 is 0 Å². The van der Waals surface area contributed by atoms with E-state index in [1.165, 1.54) is 0 Å². The van der Waals surface area contributed by atoms with Crippen molar-refractivity contribution in [2.45, 2.75) is 6.54 Å². The Morgan fingerprint density at radius 2 is 1.95 bits per heavy atom. The van der Waals surface area contributed by atoms with Gasteiger partial charge in [-0.25, -0.2) is 19.9 Å². The number of aromatic nitrogens is 2. The molecule has 5 nitrogen and oxygen atoms in total. The topological polar surface area (TPSA) is 50.2 Å². The van der Waals surface area contributed by atoms with Crippen LogP contribution in [0.2, 0.25) is 5.02 Å². The molecule has 6 heteroatoms. The van der Waals surface area contributed by atoms with Crippen LogP contribution >= 0.6 is 11.6 Å². The van der Waals surface area contributed by atoms with E-state index in [9.17, 15) is 4.79 Å². The number of nitrogens with one attached hydrogen (secondary N) is 1. The van der Waals surface area contributed by atoms with Gasteiger partial charge >= 0.3 is 6.03 Å². The van der Waals surface area contributed by atoms with Gasteiger partial charge in [-0.15, -0.1) is 0 Å². The van der Waals surface area contributed by atoms with Crippen LogP contribution in [-0.4, -0.2) is 27.6 Å². The van der Waals surface area contributed by atoms with Crippen LogP contribution in [0.25, 0.3) is 11.0 Å². The van der Waals surface area contributed by atoms with E-state index in [4.69, 9.17) is 11.6 Å². The number of benzene rings is 2. The second-order valence-electron chi connectivity index (χ2n) is 5.00. The number of nitrogens with zero attached hydrogens (tertiary/aromatic N) is 3. The zero-order chi connectivity index (χ0) is 15.5. The first-order chi connectivity index (χ1) is 10.6. The Bertz CT molecular complexity index is 797. The molecule has 22 heavy (non-hydrogen) atoms. The summed E-state index contributed by atoms with van der Waals surface area (Å²) in [5, 5.41) is 0.681. The fourth-order valence-corrected chi connectivity index (χ4v) is 2.30. The predicted octanol–water partition coefficient (Wildman–Crippen LogP) is 3.49. The molecule has 0 bridgehead atoms. The summed E-state index contributed by atoms with van der Waals surface area (Å²) in [6.45, 7) is 0.496. The van der Waals surface area contributed by atoms with Gasteiger partial charge in [0.2, 0.25) is 0 Å². The molecule has 2 amide bonds. The molecule has 0 aliphatic carbocycles. The summed E-state index contributed by atoms with van der Waals surface area (Å²) in [7, 11) is 1.74. The monoisotopic (exact) mass is 314 g/mol. The minimum absolute atomic E-state index is 0.210. The zero-order valence-corrected chi connectivity index (χ0v) is 12.8. The van der Waals surface area contributed by atoms with Crippen LogP contribution in [0.3, 0.4) is 0 Å². The van der Waals surface area contributed by atoms with Crippen LogP contribution in [0.15, 0.2) is 54.9 Å². The molecule has 0 aliphatic rings. The highest BCUT2D eigenvalue weighted by molar-refractivity contribution is 6.30. The van der Waals surface area contributed by atoms with E-state index in [-0.39, 0.29) is 6.03 Å². The van der Waals surface area contributed by atoms with Crippen molar-refractivity contribution in [3.63, 3.8) is 0 Å². The third-order valence-corrected chi connectivity index (χ3v) is 3.60. The van der Waals surface area contributed by atoms with Crippen LogP contribution < -0.4 is 5.43 Å². The highest BCUT2D eigenvalue weighted by Gasteiger charge is 2.11. The molecule has 0 spiro atoms. The van der Waals surface area contributed by atoms with E-state index in [1.807, 2.05) is 48.5 Å². The summed E-state index contributed by atoms with van der Waals surface area (Å²) in [6.07, 6.45) is 1.60. The Labute approximate surface area is 133 Å². The number of fused-ring (bicyclic) bond motifs is 1. The largest absolute Gasteiger partial charge is 0.336 e. The Kier molecular flexibility index (Phi) is 3.98. The first-order valence-electron chi connectivity index (χ1n) is 6.82. The van der Waals surface area contributed by atoms with Crippen LogP contribution in [0.1, 0.15) is 5.56 Å². The number of imidazole rings is 1. The smallest absolute Gasteiger partial charge is 0.322 e.